The zero-order valence-electron chi connectivity index (χ0n) is 24.4. The van der Waals surface area contributed by atoms with Gasteiger partial charge in [-0.3, -0.25) is 13.9 Å². The van der Waals surface area contributed by atoms with Crippen LogP contribution in [0.2, 0.25) is 15.1 Å². The van der Waals surface area contributed by atoms with Crippen molar-refractivity contribution in [3.8, 4) is 0 Å². The Bertz CT molecular complexity index is 1750. The molecule has 4 rings (SSSR count). The van der Waals surface area contributed by atoms with Crippen LogP contribution in [0.15, 0.2) is 95.9 Å². The minimum absolute atomic E-state index is 0.0124. The van der Waals surface area contributed by atoms with Gasteiger partial charge in [-0.05, 0) is 66.9 Å². The summed E-state index contributed by atoms with van der Waals surface area (Å²) in [6.07, 6.45) is 0.189. The minimum atomic E-state index is -4.25. The van der Waals surface area contributed by atoms with Gasteiger partial charge in [0.15, 0.2) is 0 Å². The number of carbonyl (C=O) groups excluding carboxylic acids is 2. The highest BCUT2D eigenvalue weighted by Crippen LogP contribution is 2.32. The number of anilines is 1. The lowest BCUT2D eigenvalue weighted by Gasteiger charge is -2.34. The molecule has 0 aliphatic carbocycles. The topological polar surface area (TPSA) is 86.8 Å². The molecule has 0 heterocycles. The average molecular weight is 673 g/mol. The number of likely N-dealkylation sites (N-methyl/N-ethyl adjacent to an activating group) is 1. The number of hydrogen-bond acceptors (Lipinski definition) is 4. The molecule has 0 spiro atoms. The van der Waals surface area contributed by atoms with Gasteiger partial charge in [0.25, 0.3) is 10.0 Å². The summed E-state index contributed by atoms with van der Waals surface area (Å²) >= 11 is 18.9. The monoisotopic (exact) mass is 671 g/mol. The second-order valence-corrected chi connectivity index (χ2v) is 13.4. The summed E-state index contributed by atoms with van der Waals surface area (Å²) in [7, 11) is -2.75. The van der Waals surface area contributed by atoms with Crippen LogP contribution in [0.3, 0.4) is 0 Å². The molecule has 1 atom stereocenters. The van der Waals surface area contributed by atoms with Crippen LogP contribution in [0.25, 0.3) is 0 Å². The maximum Gasteiger partial charge on any atom is 0.264 e. The Morgan fingerprint density at radius 1 is 0.795 bits per heavy atom. The number of amides is 2. The van der Waals surface area contributed by atoms with E-state index in [-0.39, 0.29) is 28.6 Å². The summed E-state index contributed by atoms with van der Waals surface area (Å²) in [6, 6.07) is 24.5. The van der Waals surface area contributed by atoms with Crippen molar-refractivity contribution >= 4 is 62.3 Å². The van der Waals surface area contributed by atoms with Crippen LogP contribution in [0.1, 0.15) is 22.3 Å². The van der Waals surface area contributed by atoms with E-state index in [9.17, 15) is 18.0 Å². The summed E-state index contributed by atoms with van der Waals surface area (Å²) in [5, 5.41) is 3.63. The maximum atomic E-state index is 14.4. The van der Waals surface area contributed by atoms with Crippen molar-refractivity contribution in [2.75, 3.05) is 17.9 Å². The SMILES string of the molecule is CNC(=O)[C@H](Cc1ccccc1)N(Cc1ccc(Cl)c(Cl)c1)C(=O)CN(c1cccc(Cl)c1C)S(=O)(=O)c1ccc(C)cc1. The van der Waals surface area contributed by atoms with Crippen molar-refractivity contribution in [2.24, 2.45) is 0 Å². The Labute approximate surface area is 273 Å². The van der Waals surface area contributed by atoms with E-state index in [4.69, 9.17) is 34.8 Å². The number of rotatable bonds is 11. The number of benzene rings is 4. The summed E-state index contributed by atoms with van der Waals surface area (Å²) in [4.78, 5) is 29.2. The van der Waals surface area contributed by atoms with Gasteiger partial charge in [-0.2, -0.15) is 0 Å². The first-order valence-corrected chi connectivity index (χ1v) is 16.3. The lowest BCUT2D eigenvalue weighted by atomic mass is 10.0. The van der Waals surface area contributed by atoms with E-state index in [2.05, 4.69) is 5.32 Å². The van der Waals surface area contributed by atoms with Crippen LogP contribution in [-0.2, 0) is 32.6 Å². The third kappa shape index (κ3) is 7.74. The van der Waals surface area contributed by atoms with E-state index >= 15 is 0 Å². The number of nitrogens with zero attached hydrogens (tertiary/aromatic N) is 2. The number of hydrogen-bond donors (Lipinski definition) is 1. The zero-order valence-corrected chi connectivity index (χ0v) is 27.5. The van der Waals surface area contributed by atoms with E-state index < -0.39 is 34.4 Å². The molecule has 0 radical (unpaired) electrons. The molecule has 2 amide bonds. The van der Waals surface area contributed by atoms with Crippen LogP contribution in [0, 0.1) is 13.8 Å². The molecule has 1 N–H and O–H groups in total. The summed E-state index contributed by atoms with van der Waals surface area (Å²) in [6.45, 7) is 2.91. The number of nitrogens with one attached hydrogen (secondary N) is 1. The fourth-order valence-electron chi connectivity index (χ4n) is 4.77. The van der Waals surface area contributed by atoms with Gasteiger partial charge in [-0.15, -0.1) is 0 Å². The number of halogens is 3. The van der Waals surface area contributed by atoms with Gasteiger partial charge < -0.3 is 10.2 Å². The van der Waals surface area contributed by atoms with Crippen molar-refractivity contribution in [1.29, 1.82) is 0 Å². The molecule has 0 fully saturated rings. The number of aryl methyl sites for hydroxylation is 1. The van der Waals surface area contributed by atoms with Crippen molar-refractivity contribution in [3.63, 3.8) is 0 Å². The number of sulfonamides is 1. The first-order chi connectivity index (χ1) is 20.9. The standard InChI is InChI=1S/C33H32Cl3N3O4S/c1-22-12-15-26(16-13-22)44(42,43)39(30-11-7-10-27(34)23(30)2)21-32(40)38(20-25-14-17-28(35)29(36)18-25)31(33(41)37-3)19-24-8-5-4-6-9-24/h4-18,31H,19-21H2,1-3H3,(H,37,41)/t31-/m0/s1. The largest absolute Gasteiger partial charge is 0.357 e. The van der Waals surface area contributed by atoms with Crippen molar-refractivity contribution in [3.05, 3.63) is 128 Å². The number of carbonyl (C=O) groups is 2. The van der Waals surface area contributed by atoms with Gasteiger partial charge >= 0.3 is 0 Å². The molecule has 0 saturated heterocycles. The molecule has 0 aliphatic heterocycles. The van der Waals surface area contributed by atoms with Gasteiger partial charge in [0, 0.05) is 25.0 Å². The Morgan fingerprint density at radius 3 is 2.11 bits per heavy atom. The van der Waals surface area contributed by atoms with E-state index in [1.54, 1.807) is 55.5 Å². The van der Waals surface area contributed by atoms with Crippen LogP contribution >= 0.6 is 34.8 Å². The third-order valence-corrected chi connectivity index (χ3v) is 10.2. The summed E-state index contributed by atoms with van der Waals surface area (Å²) in [5.74, 6) is -1.01. The molecule has 0 saturated carbocycles. The van der Waals surface area contributed by atoms with Gasteiger partial charge in [0.1, 0.15) is 12.6 Å². The first kappa shape index (κ1) is 33.3. The van der Waals surface area contributed by atoms with Crippen LogP contribution in [0.4, 0.5) is 5.69 Å². The zero-order chi connectivity index (χ0) is 32.0. The average Bonchev–Trinajstić information content (AvgIpc) is 3.01. The molecule has 4 aromatic rings. The van der Waals surface area contributed by atoms with Gasteiger partial charge in [-0.25, -0.2) is 8.42 Å². The Balaban J connectivity index is 1.83. The molecule has 0 aliphatic rings. The van der Waals surface area contributed by atoms with Crippen LogP contribution < -0.4 is 9.62 Å². The fourth-order valence-corrected chi connectivity index (χ4v) is 6.73. The van der Waals surface area contributed by atoms with Crippen LogP contribution in [0.5, 0.6) is 0 Å². The Morgan fingerprint density at radius 2 is 1.48 bits per heavy atom. The predicted octanol–water partition coefficient (Wildman–Crippen LogP) is 6.85. The van der Waals surface area contributed by atoms with Gasteiger partial charge in [0.05, 0.1) is 20.6 Å². The molecule has 11 heteroatoms. The van der Waals surface area contributed by atoms with Gasteiger partial charge in [0.2, 0.25) is 11.8 Å². The fraction of sp³-hybridized carbons (Fsp3) is 0.212. The highest BCUT2D eigenvalue weighted by atomic mass is 35.5. The second-order valence-electron chi connectivity index (χ2n) is 10.3. The minimum Gasteiger partial charge on any atom is -0.357 e. The molecule has 0 aromatic heterocycles. The Kier molecular flexibility index (Phi) is 11.0. The molecule has 44 heavy (non-hydrogen) atoms. The van der Waals surface area contributed by atoms with Crippen molar-refractivity contribution < 1.29 is 18.0 Å². The molecular formula is C33H32Cl3N3O4S. The maximum absolute atomic E-state index is 14.4. The summed E-state index contributed by atoms with van der Waals surface area (Å²) < 4.78 is 29.4. The molecule has 0 unspecified atom stereocenters. The van der Waals surface area contributed by atoms with Crippen molar-refractivity contribution in [2.45, 2.75) is 37.8 Å². The van der Waals surface area contributed by atoms with E-state index in [1.807, 2.05) is 37.3 Å². The third-order valence-electron chi connectivity index (χ3n) is 7.25. The molecule has 230 valence electrons. The molecule has 7 nitrogen and oxygen atoms in total. The lowest BCUT2D eigenvalue weighted by Crippen LogP contribution is -2.53. The van der Waals surface area contributed by atoms with E-state index in [1.165, 1.54) is 24.1 Å². The van der Waals surface area contributed by atoms with Crippen LogP contribution in [-0.4, -0.2) is 44.8 Å². The highest BCUT2D eigenvalue weighted by molar-refractivity contribution is 7.92. The lowest BCUT2D eigenvalue weighted by molar-refractivity contribution is -0.139. The molecular weight excluding hydrogens is 641 g/mol. The highest BCUT2D eigenvalue weighted by Gasteiger charge is 2.35. The first-order valence-electron chi connectivity index (χ1n) is 13.8. The smallest absolute Gasteiger partial charge is 0.264 e. The van der Waals surface area contributed by atoms with Crippen molar-refractivity contribution in [1.82, 2.24) is 10.2 Å². The second kappa shape index (κ2) is 14.5. The van der Waals surface area contributed by atoms with Gasteiger partial charge in [-0.1, -0.05) is 95.0 Å². The van der Waals surface area contributed by atoms with E-state index in [0.717, 1.165) is 15.4 Å². The Hall–Kier alpha value is -3.56. The summed E-state index contributed by atoms with van der Waals surface area (Å²) in [5.41, 5.74) is 3.05. The van der Waals surface area contributed by atoms with E-state index in [0.29, 0.717) is 21.2 Å². The molecule has 0 bridgehead atoms. The normalized spacial score (nSPS) is 12.0. The quantitative estimate of drug-likeness (QED) is 0.189. The predicted molar refractivity (Wildman–Crippen MR) is 177 cm³/mol. The molecule has 4 aromatic carbocycles.